The highest BCUT2D eigenvalue weighted by Crippen LogP contribution is 2.41. The van der Waals surface area contributed by atoms with E-state index in [1.165, 1.54) is 55.8 Å². The Bertz CT molecular complexity index is 2820. The van der Waals surface area contributed by atoms with E-state index < -0.39 is 23.5 Å². The quantitative estimate of drug-likeness (QED) is 0.0478. The van der Waals surface area contributed by atoms with Gasteiger partial charge in [0.1, 0.15) is 23.2 Å². The summed E-state index contributed by atoms with van der Waals surface area (Å²) in [5, 5.41) is 29.4. The number of alkyl halides is 6. The number of H-pyrrole nitrogens is 2. The Morgan fingerprint density at radius 1 is 0.676 bits per heavy atom. The Balaban J connectivity index is 0.000000168. The van der Waals surface area contributed by atoms with Crippen LogP contribution >= 0.6 is 0 Å². The van der Waals surface area contributed by atoms with E-state index in [0.717, 1.165) is 105 Å². The third kappa shape index (κ3) is 15.1. The molecule has 6 N–H and O–H groups in total. The van der Waals surface area contributed by atoms with Gasteiger partial charge < -0.3 is 30.9 Å². The van der Waals surface area contributed by atoms with E-state index in [4.69, 9.17) is 11.0 Å². The summed E-state index contributed by atoms with van der Waals surface area (Å²) < 4.78 is 79.3. The molecule has 0 unspecified atom stereocenters. The fraction of sp³-hybridized carbons (Fsp3) is 0.462. The summed E-state index contributed by atoms with van der Waals surface area (Å²) >= 11 is 0. The Kier molecular flexibility index (Phi) is 17.0. The van der Waals surface area contributed by atoms with Gasteiger partial charge >= 0.3 is 12.4 Å². The fourth-order valence-corrected chi connectivity index (χ4v) is 9.27. The van der Waals surface area contributed by atoms with Crippen molar-refractivity contribution in [3.63, 3.8) is 0 Å². The highest BCUT2D eigenvalue weighted by atomic mass is 19.4. The first-order valence-electron chi connectivity index (χ1n) is 24.9. The molecule has 0 atom stereocenters. The van der Waals surface area contributed by atoms with Crippen molar-refractivity contribution < 1.29 is 35.9 Å². The van der Waals surface area contributed by atoms with Gasteiger partial charge in [0.2, 0.25) is 11.9 Å². The molecule has 392 valence electrons. The molecule has 22 heteroatoms. The van der Waals surface area contributed by atoms with Gasteiger partial charge in [0.15, 0.2) is 11.6 Å². The number of carbonyl (C=O) groups is 1. The maximum Gasteiger partial charge on any atom is 0.416 e. The second-order valence-corrected chi connectivity index (χ2v) is 19.5. The van der Waals surface area contributed by atoms with Crippen molar-refractivity contribution in [3.05, 3.63) is 113 Å². The van der Waals surface area contributed by atoms with E-state index in [9.17, 15) is 31.1 Å². The number of ketones is 1. The number of halogens is 6. The van der Waals surface area contributed by atoms with Gasteiger partial charge in [-0.1, -0.05) is 24.3 Å². The number of carbonyl (C=O) groups excluding carboxylic acids is 1. The molecule has 4 fully saturated rings. The second kappa shape index (κ2) is 23.7. The topological polar surface area (TPSA) is 216 Å². The van der Waals surface area contributed by atoms with Crippen LogP contribution in [0.25, 0.3) is 0 Å². The molecular weight excluding hydrogens is 967 g/mol. The number of aromatic amines is 2. The lowest BCUT2D eigenvalue weighted by Gasteiger charge is -2.34. The first-order chi connectivity index (χ1) is 35.5. The van der Waals surface area contributed by atoms with Crippen molar-refractivity contribution in [2.75, 3.05) is 34.5 Å². The van der Waals surface area contributed by atoms with E-state index in [1.54, 1.807) is 18.5 Å². The summed E-state index contributed by atoms with van der Waals surface area (Å²) in [6, 6.07) is 18.0. The van der Waals surface area contributed by atoms with Crippen LogP contribution in [-0.4, -0.2) is 78.3 Å². The number of hydrogen-bond donors (Lipinski definition) is 5. The average Bonchev–Trinajstić information content (AvgIpc) is 4.33. The highest BCUT2D eigenvalue weighted by Gasteiger charge is 2.33. The van der Waals surface area contributed by atoms with Gasteiger partial charge in [-0.25, -0.2) is 9.97 Å². The van der Waals surface area contributed by atoms with Gasteiger partial charge in [0.25, 0.3) is 6.26 Å². The number of nitrogens with zero attached hydrogens (tertiary/aromatic N) is 9. The van der Waals surface area contributed by atoms with Crippen LogP contribution in [0.4, 0.5) is 61.5 Å². The third-order valence-electron chi connectivity index (χ3n) is 13.8. The minimum Gasteiger partial charge on any atom is -0.388 e. The molecule has 4 saturated carbocycles. The second-order valence-electron chi connectivity index (χ2n) is 19.5. The SMILES string of the molecule is CN(c1nccc(Nc2cc(C3CC3)[nH]n2)n1)C1CCC(CC(=O)Cc2cccc(C(F)(F)F)c2)CC1.CN(c1nccc(Nc2cc(C3CC3)[nH]n2)n1)C1CCC(N)CC1.N#COc1cccc(C(F)(F)F)c1. The maximum atomic E-state index is 12.9. The largest absolute Gasteiger partial charge is 0.416 e. The number of anilines is 6. The normalized spacial score (nSPS) is 19.6. The summed E-state index contributed by atoms with van der Waals surface area (Å²) in [6.45, 7) is 0. The first-order valence-corrected chi connectivity index (χ1v) is 24.9. The zero-order valence-corrected chi connectivity index (χ0v) is 41.1. The number of hydrogen-bond acceptors (Lipinski definition) is 14. The van der Waals surface area contributed by atoms with Crippen LogP contribution in [0.1, 0.15) is 123 Å². The first kappa shape index (κ1) is 53.0. The van der Waals surface area contributed by atoms with E-state index >= 15 is 0 Å². The Morgan fingerprint density at radius 3 is 1.65 bits per heavy atom. The average molecular weight is 1030 g/mol. The molecule has 2 aromatic carbocycles. The number of nitrogens with one attached hydrogen (secondary N) is 4. The minimum atomic E-state index is -4.41. The lowest BCUT2D eigenvalue weighted by atomic mass is 9.82. The van der Waals surface area contributed by atoms with Crippen LogP contribution in [0, 0.1) is 17.4 Å². The molecule has 6 aromatic rings. The zero-order valence-electron chi connectivity index (χ0n) is 41.1. The zero-order chi connectivity index (χ0) is 52.4. The monoisotopic (exact) mass is 1030 g/mol. The molecule has 4 aromatic heterocycles. The predicted octanol–water partition coefficient (Wildman–Crippen LogP) is 11.1. The van der Waals surface area contributed by atoms with Gasteiger partial charge in [-0.2, -0.15) is 46.5 Å². The number of rotatable bonds is 15. The molecule has 0 aliphatic heterocycles. The van der Waals surface area contributed by atoms with E-state index in [0.29, 0.717) is 47.7 Å². The molecule has 4 aliphatic carbocycles. The third-order valence-corrected chi connectivity index (χ3v) is 13.8. The van der Waals surface area contributed by atoms with Crippen molar-refractivity contribution in [3.8, 4) is 12.0 Å². The van der Waals surface area contributed by atoms with Crippen LogP contribution in [0.3, 0.4) is 0 Å². The van der Waals surface area contributed by atoms with Crippen molar-refractivity contribution in [2.24, 2.45) is 11.7 Å². The molecule has 4 heterocycles. The minimum absolute atomic E-state index is 0.0125. The molecule has 0 saturated heterocycles. The highest BCUT2D eigenvalue weighted by molar-refractivity contribution is 5.81. The fourth-order valence-electron chi connectivity index (χ4n) is 9.27. The number of nitriles is 1. The number of nitrogens with two attached hydrogens (primary N) is 1. The van der Waals surface area contributed by atoms with Crippen LogP contribution in [0.15, 0.2) is 85.2 Å². The number of aromatic nitrogens is 8. The van der Waals surface area contributed by atoms with Gasteiger partial charge in [-0.15, -0.1) is 5.26 Å². The Hall–Kier alpha value is -7.28. The summed E-state index contributed by atoms with van der Waals surface area (Å²) in [5.74, 6) is 5.77. The molecular formula is C52H60F6N14O2. The molecule has 74 heavy (non-hydrogen) atoms. The smallest absolute Gasteiger partial charge is 0.388 e. The molecule has 4 aliphatic rings. The van der Waals surface area contributed by atoms with Crippen molar-refractivity contribution in [2.45, 2.75) is 132 Å². The number of ether oxygens (including phenoxy) is 1. The molecule has 10 rings (SSSR count). The summed E-state index contributed by atoms with van der Waals surface area (Å²) in [6.07, 6.45) is 9.31. The summed E-state index contributed by atoms with van der Waals surface area (Å²) in [4.78, 5) is 35.1. The standard InChI is InChI=1S/C27H31F3N6O.C17H25N7.C8H4F3NO/c1-36(26-31-12-11-24(33-26)32-25-16-23(34-35-25)19-7-8-19)21-9-5-17(6-10-21)14-22(37)15-18-3-2-4-20(13-18)27(28,29)30;1-24(13-6-4-12(18)5-7-13)17-19-9-8-15(21-17)20-16-10-14(22-23-16)11-2-3-11;9-8(10,11)6-2-1-3-7(4-6)13-5-12/h2-4,11-13,16-17,19,21H,5-10,14-15H2,1H3,(H2,31,32,33,34,35);8-13H,2-7,18H2,1H3,(H2,19,20,21,22,23);1-4H. The van der Waals surface area contributed by atoms with E-state index in [2.05, 4.69) is 78.6 Å². The van der Waals surface area contributed by atoms with Gasteiger partial charge in [0, 0.05) is 92.8 Å². The summed E-state index contributed by atoms with van der Waals surface area (Å²) in [7, 11) is 4.06. The van der Waals surface area contributed by atoms with Crippen LogP contribution < -0.4 is 30.9 Å². The van der Waals surface area contributed by atoms with Crippen molar-refractivity contribution in [1.29, 1.82) is 5.26 Å². The number of Topliss-reactive ketones (excluding diaryl/α,β-unsaturated/α-hetero) is 1. The number of benzene rings is 2. The van der Waals surface area contributed by atoms with Crippen LogP contribution in [0.2, 0.25) is 0 Å². The van der Waals surface area contributed by atoms with Crippen molar-refractivity contribution in [1.82, 2.24) is 40.3 Å². The summed E-state index contributed by atoms with van der Waals surface area (Å²) in [5.41, 5.74) is 7.23. The molecule has 0 spiro atoms. The molecule has 0 amide bonds. The van der Waals surface area contributed by atoms with E-state index in [1.807, 2.05) is 25.2 Å². The van der Waals surface area contributed by atoms with E-state index in [-0.39, 0.29) is 29.9 Å². The Labute approximate surface area is 424 Å². The lowest BCUT2D eigenvalue weighted by Crippen LogP contribution is -2.39. The van der Waals surface area contributed by atoms with Crippen LogP contribution in [-0.2, 0) is 23.6 Å². The van der Waals surface area contributed by atoms with Gasteiger partial charge in [-0.3, -0.25) is 15.0 Å². The van der Waals surface area contributed by atoms with Crippen LogP contribution in [0.5, 0.6) is 5.75 Å². The van der Waals surface area contributed by atoms with Gasteiger partial charge in [0.05, 0.1) is 11.1 Å². The van der Waals surface area contributed by atoms with Crippen molar-refractivity contribution >= 4 is 41.0 Å². The maximum absolute atomic E-state index is 12.9. The predicted molar refractivity (Wildman–Crippen MR) is 267 cm³/mol. The lowest BCUT2D eigenvalue weighted by molar-refractivity contribution is -0.138. The molecule has 0 radical (unpaired) electrons. The molecule has 16 nitrogen and oxygen atoms in total. The van der Waals surface area contributed by atoms with Gasteiger partial charge in [-0.05, 0) is 125 Å². The molecule has 0 bridgehead atoms. The Morgan fingerprint density at radius 2 is 1.16 bits per heavy atom.